The molecule has 2 saturated heterocycles. The third-order valence-corrected chi connectivity index (χ3v) is 4.68. The fraction of sp³-hybridized carbons (Fsp3) is 0.647. The van der Waals surface area contributed by atoms with Gasteiger partial charge >= 0.3 is 0 Å². The van der Waals surface area contributed by atoms with Crippen LogP contribution in [0.1, 0.15) is 24.8 Å². The Labute approximate surface area is 123 Å². The highest BCUT2D eigenvalue weighted by Gasteiger charge is 2.18. The largest absolute Gasteiger partial charge is 0.369 e. The summed E-state index contributed by atoms with van der Waals surface area (Å²) in [5.74, 6) is 0. The maximum atomic E-state index is 2.62. The standard InChI is InChI=1S/C17H27N3/c1-18-11-13-20(14-12-18)17-8-4-3-7-16(17)15-19-9-5-2-6-10-19/h3-4,7-8H,2,5-6,9-15H2,1H3. The first-order chi connectivity index (χ1) is 9.83. The Hall–Kier alpha value is -1.06. The minimum atomic E-state index is 1.13. The Morgan fingerprint density at radius 2 is 1.55 bits per heavy atom. The number of benzene rings is 1. The van der Waals surface area contributed by atoms with Crippen molar-refractivity contribution in [1.82, 2.24) is 9.80 Å². The Morgan fingerprint density at radius 1 is 0.850 bits per heavy atom. The first-order valence-corrected chi connectivity index (χ1v) is 8.07. The molecule has 0 N–H and O–H groups in total. The molecule has 20 heavy (non-hydrogen) atoms. The molecular formula is C17H27N3. The lowest BCUT2D eigenvalue weighted by atomic mass is 10.1. The van der Waals surface area contributed by atoms with Crippen LogP contribution in [0.15, 0.2) is 24.3 Å². The van der Waals surface area contributed by atoms with Gasteiger partial charge < -0.3 is 9.80 Å². The van der Waals surface area contributed by atoms with E-state index in [0.717, 1.165) is 19.6 Å². The Morgan fingerprint density at radius 3 is 2.30 bits per heavy atom. The first kappa shape index (κ1) is 13.9. The molecule has 3 nitrogen and oxygen atoms in total. The number of likely N-dealkylation sites (tertiary alicyclic amines) is 1. The zero-order valence-electron chi connectivity index (χ0n) is 12.7. The summed E-state index contributed by atoms with van der Waals surface area (Å²) in [4.78, 5) is 7.61. The Balaban J connectivity index is 1.70. The summed E-state index contributed by atoms with van der Waals surface area (Å²) in [6.45, 7) is 8.35. The third-order valence-electron chi connectivity index (χ3n) is 4.68. The molecule has 3 heteroatoms. The lowest BCUT2D eigenvalue weighted by Crippen LogP contribution is -2.45. The van der Waals surface area contributed by atoms with Crippen LogP contribution in [0, 0.1) is 0 Å². The molecule has 2 aliphatic heterocycles. The quantitative estimate of drug-likeness (QED) is 0.837. The van der Waals surface area contributed by atoms with Crippen LogP contribution in [-0.4, -0.2) is 56.1 Å². The van der Waals surface area contributed by atoms with Crippen molar-refractivity contribution in [3.63, 3.8) is 0 Å². The number of hydrogen-bond acceptors (Lipinski definition) is 3. The number of hydrogen-bond donors (Lipinski definition) is 0. The van der Waals surface area contributed by atoms with Crippen LogP contribution in [0.4, 0.5) is 5.69 Å². The highest BCUT2D eigenvalue weighted by atomic mass is 15.2. The van der Waals surface area contributed by atoms with Crippen LogP contribution in [0.25, 0.3) is 0 Å². The summed E-state index contributed by atoms with van der Waals surface area (Å²) < 4.78 is 0. The van der Waals surface area contributed by atoms with E-state index in [0.29, 0.717) is 0 Å². The molecule has 0 aromatic heterocycles. The topological polar surface area (TPSA) is 9.72 Å². The monoisotopic (exact) mass is 273 g/mol. The fourth-order valence-corrected chi connectivity index (χ4v) is 3.36. The lowest BCUT2D eigenvalue weighted by Gasteiger charge is -2.36. The van der Waals surface area contributed by atoms with Gasteiger partial charge in [0, 0.05) is 38.4 Å². The second kappa shape index (κ2) is 6.59. The number of nitrogens with zero attached hydrogens (tertiary/aromatic N) is 3. The van der Waals surface area contributed by atoms with Gasteiger partial charge in [-0.15, -0.1) is 0 Å². The number of para-hydroxylation sites is 1. The van der Waals surface area contributed by atoms with E-state index in [2.05, 4.69) is 46.0 Å². The van der Waals surface area contributed by atoms with Gasteiger partial charge in [-0.2, -0.15) is 0 Å². The summed E-state index contributed by atoms with van der Waals surface area (Å²) >= 11 is 0. The minimum absolute atomic E-state index is 1.13. The van der Waals surface area contributed by atoms with Crippen LogP contribution in [0.3, 0.4) is 0 Å². The molecule has 0 bridgehead atoms. The average Bonchev–Trinajstić information content (AvgIpc) is 2.50. The van der Waals surface area contributed by atoms with E-state index in [4.69, 9.17) is 0 Å². The number of likely N-dealkylation sites (N-methyl/N-ethyl adjacent to an activating group) is 1. The SMILES string of the molecule is CN1CCN(c2ccccc2CN2CCCCC2)CC1. The van der Waals surface area contributed by atoms with Gasteiger partial charge in [-0.25, -0.2) is 0 Å². The smallest absolute Gasteiger partial charge is 0.0412 e. The Kier molecular flexibility index (Phi) is 4.58. The van der Waals surface area contributed by atoms with Crippen molar-refractivity contribution >= 4 is 5.69 Å². The molecule has 0 aliphatic carbocycles. The molecule has 0 spiro atoms. The molecule has 1 aromatic carbocycles. The third kappa shape index (κ3) is 3.33. The molecule has 2 fully saturated rings. The molecule has 1 aromatic rings. The van der Waals surface area contributed by atoms with Gasteiger partial charge in [-0.3, -0.25) is 4.90 Å². The zero-order valence-corrected chi connectivity index (χ0v) is 12.7. The molecule has 0 atom stereocenters. The predicted octanol–water partition coefficient (Wildman–Crippen LogP) is 2.42. The van der Waals surface area contributed by atoms with E-state index < -0.39 is 0 Å². The lowest BCUT2D eigenvalue weighted by molar-refractivity contribution is 0.221. The second-order valence-corrected chi connectivity index (χ2v) is 6.26. The summed E-state index contributed by atoms with van der Waals surface area (Å²) in [5.41, 5.74) is 2.98. The average molecular weight is 273 g/mol. The van der Waals surface area contributed by atoms with E-state index in [1.807, 2.05) is 0 Å². The summed E-state index contributed by atoms with van der Waals surface area (Å²) in [6.07, 6.45) is 4.16. The normalized spacial score (nSPS) is 22.1. The van der Waals surface area contributed by atoms with Crippen molar-refractivity contribution in [2.24, 2.45) is 0 Å². The number of piperazine rings is 1. The van der Waals surface area contributed by atoms with Crippen LogP contribution in [-0.2, 0) is 6.54 Å². The summed E-state index contributed by atoms with van der Waals surface area (Å²) in [7, 11) is 2.22. The number of anilines is 1. The van der Waals surface area contributed by atoms with Crippen LogP contribution >= 0.6 is 0 Å². The summed E-state index contributed by atoms with van der Waals surface area (Å²) in [6, 6.07) is 9.01. The van der Waals surface area contributed by atoms with Gasteiger partial charge in [-0.05, 0) is 44.6 Å². The highest BCUT2D eigenvalue weighted by molar-refractivity contribution is 5.54. The van der Waals surface area contributed by atoms with Crippen LogP contribution < -0.4 is 4.90 Å². The van der Waals surface area contributed by atoms with Gasteiger partial charge in [0.15, 0.2) is 0 Å². The van der Waals surface area contributed by atoms with Crippen LogP contribution in [0.2, 0.25) is 0 Å². The van der Waals surface area contributed by atoms with Crippen molar-refractivity contribution in [3.8, 4) is 0 Å². The van der Waals surface area contributed by atoms with E-state index in [-0.39, 0.29) is 0 Å². The first-order valence-electron chi connectivity index (χ1n) is 8.07. The Bertz CT molecular complexity index is 418. The molecule has 2 heterocycles. The van der Waals surface area contributed by atoms with Gasteiger partial charge in [0.2, 0.25) is 0 Å². The zero-order chi connectivity index (χ0) is 13.8. The van der Waals surface area contributed by atoms with Crippen molar-refractivity contribution in [3.05, 3.63) is 29.8 Å². The molecule has 0 amide bonds. The summed E-state index contributed by atoms with van der Waals surface area (Å²) in [5, 5.41) is 0. The number of piperidine rings is 1. The van der Waals surface area contributed by atoms with E-state index in [9.17, 15) is 0 Å². The maximum absolute atomic E-state index is 2.62. The fourth-order valence-electron chi connectivity index (χ4n) is 3.36. The van der Waals surface area contributed by atoms with Crippen molar-refractivity contribution < 1.29 is 0 Å². The van der Waals surface area contributed by atoms with Gasteiger partial charge in [0.05, 0.1) is 0 Å². The molecule has 0 radical (unpaired) electrons. The molecule has 3 rings (SSSR count). The van der Waals surface area contributed by atoms with Crippen molar-refractivity contribution in [2.45, 2.75) is 25.8 Å². The highest BCUT2D eigenvalue weighted by Crippen LogP contribution is 2.24. The maximum Gasteiger partial charge on any atom is 0.0412 e. The molecule has 0 unspecified atom stereocenters. The van der Waals surface area contributed by atoms with E-state index in [1.54, 1.807) is 0 Å². The predicted molar refractivity (Wildman–Crippen MR) is 85.3 cm³/mol. The van der Waals surface area contributed by atoms with Crippen LogP contribution in [0.5, 0.6) is 0 Å². The van der Waals surface area contributed by atoms with Crippen molar-refractivity contribution in [2.75, 3.05) is 51.2 Å². The van der Waals surface area contributed by atoms with Gasteiger partial charge in [-0.1, -0.05) is 24.6 Å². The van der Waals surface area contributed by atoms with Gasteiger partial charge in [0.25, 0.3) is 0 Å². The molecule has 0 saturated carbocycles. The minimum Gasteiger partial charge on any atom is -0.369 e. The van der Waals surface area contributed by atoms with Gasteiger partial charge in [0.1, 0.15) is 0 Å². The van der Waals surface area contributed by atoms with E-state index in [1.165, 1.54) is 56.7 Å². The molecular weight excluding hydrogens is 246 g/mol. The van der Waals surface area contributed by atoms with E-state index >= 15 is 0 Å². The number of rotatable bonds is 3. The second-order valence-electron chi connectivity index (χ2n) is 6.26. The van der Waals surface area contributed by atoms with Crippen molar-refractivity contribution in [1.29, 1.82) is 0 Å². The molecule has 2 aliphatic rings. The molecule has 110 valence electrons.